The number of carbonyl (C=O) groups is 2. The van der Waals surface area contributed by atoms with E-state index >= 15 is 0 Å². The van der Waals surface area contributed by atoms with Crippen LogP contribution in [0, 0.1) is 0 Å². The number of nitrogens with zero attached hydrogens (tertiary/aromatic N) is 1. The van der Waals surface area contributed by atoms with Crippen molar-refractivity contribution in [3.8, 4) is 5.75 Å². The van der Waals surface area contributed by atoms with Crippen molar-refractivity contribution in [2.45, 2.75) is 6.92 Å². The molecule has 0 aliphatic heterocycles. The Labute approximate surface area is 115 Å². The zero-order valence-corrected chi connectivity index (χ0v) is 11.4. The van der Waals surface area contributed by atoms with Crippen molar-refractivity contribution in [2.24, 2.45) is 0 Å². The van der Waals surface area contributed by atoms with Gasteiger partial charge in [0.05, 0.1) is 12.8 Å². The lowest BCUT2D eigenvalue weighted by atomic mass is 10.2. The summed E-state index contributed by atoms with van der Waals surface area (Å²) in [5, 5.41) is 11.7. The predicted molar refractivity (Wildman–Crippen MR) is 73.4 cm³/mol. The van der Waals surface area contributed by atoms with Crippen LogP contribution in [0.5, 0.6) is 5.75 Å². The van der Waals surface area contributed by atoms with Gasteiger partial charge in [0.1, 0.15) is 5.75 Å². The monoisotopic (exact) mass is 286 g/mol. The molecule has 0 spiro atoms. The third kappa shape index (κ3) is 4.03. The van der Waals surface area contributed by atoms with Crippen LogP contribution in [-0.2, 0) is 4.79 Å². The SMILES string of the molecule is COc1ccc(N(CCCl)C(=O)O)cc1NC(C)=O. The summed E-state index contributed by atoms with van der Waals surface area (Å²) in [6.45, 7) is 1.52. The van der Waals surface area contributed by atoms with Crippen LogP contribution in [0.3, 0.4) is 0 Å². The number of carbonyl (C=O) groups excluding carboxylic acids is 1. The molecule has 0 bridgehead atoms. The van der Waals surface area contributed by atoms with E-state index in [1.165, 1.54) is 20.1 Å². The fourth-order valence-corrected chi connectivity index (χ4v) is 1.74. The number of ether oxygens (including phenoxy) is 1. The zero-order valence-electron chi connectivity index (χ0n) is 10.6. The summed E-state index contributed by atoms with van der Waals surface area (Å²) in [6, 6.07) is 4.70. The van der Waals surface area contributed by atoms with Crippen LogP contribution in [0.25, 0.3) is 0 Å². The van der Waals surface area contributed by atoms with Crippen LogP contribution in [0.15, 0.2) is 18.2 Å². The largest absolute Gasteiger partial charge is 0.495 e. The number of methoxy groups -OCH3 is 1. The van der Waals surface area contributed by atoms with E-state index in [1.54, 1.807) is 12.1 Å². The van der Waals surface area contributed by atoms with E-state index < -0.39 is 6.09 Å². The van der Waals surface area contributed by atoms with Gasteiger partial charge in [0.15, 0.2) is 0 Å². The van der Waals surface area contributed by atoms with Crippen LogP contribution in [0.4, 0.5) is 16.2 Å². The van der Waals surface area contributed by atoms with Gasteiger partial charge in [-0.25, -0.2) is 4.79 Å². The molecule has 104 valence electrons. The first-order valence-corrected chi connectivity index (χ1v) is 6.05. The van der Waals surface area contributed by atoms with Gasteiger partial charge in [-0.2, -0.15) is 0 Å². The number of anilines is 2. The number of amides is 2. The Morgan fingerprint density at radius 3 is 2.63 bits per heavy atom. The first kappa shape index (κ1) is 15.1. The summed E-state index contributed by atoms with van der Waals surface area (Å²) in [5.41, 5.74) is 0.825. The maximum atomic E-state index is 11.1. The first-order chi connectivity index (χ1) is 8.99. The Morgan fingerprint density at radius 2 is 2.16 bits per heavy atom. The number of halogens is 1. The van der Waals surface area contributed by atoms with Gasteiger partial charge >= 0.3 is 6.09 Å². The van der Waals surface area contributed by atoms with Crippen molar-refractivity contribution in [1.29, 1.82) is 0 Å². The second kappa shape index (κ2) is 6.84. The molecule has 0 aliphatic rings. The number of hydrogen-bond donors (Lipinski definition) is 2. The number of nitrogens with one attached hydrogen (secondary N) is 1. The molecule has 1 aromatic carbocycles. The summed E-state index contributed by atoms with van der Waals surface area (Å²) in [4.78, 5) is 23.3. The minimum atomic E-state index is -1.11. The van der Waals surface area contributed by atoms with Gasteiger partial charge in [-0.3, -0.25) is 9.69 Å². The molecule has 0 saturated heterocycles. The average molecular weight is 287 g/mol. The zero-order chi connectivity index (χ0) is 14.4. The topological polar surface area (TPSA) is 78.9 Å². The fraction of sp³-hybridized carbons (Fsp3) is 0.333. The van der Waals surface area contributed by atoms with Gasteiger partial charge in [0, 0.05) is 25.0 Å². The fourth-order valence-electron chi connectivity index (χ4n) is 1.57. The lowest BCUT2D eigenvalue weighted by molar-refractivity contribution is -0.114. The molecule has 1 aromatic rings. The molecule has 0 atom stereocenters. The van der Waals surface area contributed by atoms with Crippen LogP contribution < -0.4 is 15.0 Å². The van der Waals surface area contributed by atoms with Crippen LogP contribution >= 0.6 is 11.6 Å². The van der Waals surface area contributed by atoms with Crippen LogP contribution in [0.2, 0.25) is 0 Å². The second-order valence-corrected chi connectivity index (χ2v) is 4.07. The minimum Gasteiger partial charge on any atom is -0.495 e. The van der Waals surface area contributed by atoms with Gasteiger partial charge in [-0.15, -0.1) is 11.6 Å². The number of hydrogen-bond acceptors (Lipinski definition) is 3. The lowest BCUT2D eigenvalue weighted by Gasteiger charge is -2.20. The Hall–Kier alpha value is -1.95. The van der Waals surface area contributed by atoms with Gasteiger partial charge in [-0.05, 0) is 18.2 Å². The molecule has 1 rings (SSSR count). The van der Waals surface area contributed by atoms with E-state index in [0.717, 1.165) is 4.90 Å². The molecule has 2 N–H and O–H groups in total. The van der Waals surface area contributed by atoms with Gasteiger partial charge < -0.3 is 15.2 Å². The Kier molecular flexibility index (Phi) is 5.44. The highest BCUT2D eigenvalue weighted by atomic mass is 35.5. The van der Waals surface area contributed by atoms with E-state index in [0.29, 0.717) is 17.1 Å². The first-order valence-electron chi connectivity index (χ1n) is 5.51. The molecule has 0 aliphatic carbocycles. The summed E-state index contributed by atoms with van der Waals surface area (Å²) in [6.07, 6.45) is -1.11. The highest BCUT2D eigenvalue weighted by molar-refractivity contribution is 6.18. The Balaban J connectivity index is 3.14. The second-order valence-electron chi connectivity index (χ2n) is 3.69. The molecule has 0 heterocycles. The standard InChI is InChI=1S/C12H15ClN2O4/c1-8(16)14-10-7-9(3-4-11(10)19-2)15(6-5-13)12(17)18/h3-4,7H,5-6H2,1-2H3,(H,14,16)(H,17,18). The van der Waals surface area contributed by atoms with Crippen molar-refractivity contribution < 1.29 is 19.4 Å². The molecule has 0 unspecified atom stereocenters. The summed E-state index contributed by atoms with van der Waals surface area (Å²) < 4.78 is 5.09. The van der Waals surface area contributed by atoms with Crippen molar-refractivity contribution in [3.05, 3.63) is 18.2 Å². The molecule has 0 fully saturated rings. The van der Waals surface area contributed by atoms with Crippen molar-refractivity contribution in [3.63, 3.8) is 0 Å². The van der Waals surface area contributed by atoms with Crippen molar-refractivity contribution in [1.82, 2.24) is 0 Å². The molecule has 0 aromatic heterocycles. The molecule has 7 heteroatoms. The lowest BCUT2D eigenvalue weighted by Crippen LogP contribution is -2.31. The number of benzene rings is 1. The third-order valence-electron chi connectivity index (χ3n) is 2.34. The van der Waals surface area contributed by atoms with Crippen molar-refractivity contribution in [2.75, 3.05) is 29.8 Å². The maximum Gasteiger partial charge on any atom is 0.411 e. The maximum absolute atomic E-state index is 11.1. The Bertz CT molecular complexity index is 479. The van der Waals surface area contributed by atoms with Crippen LogP contribution in [-0.4, -0.2) is 36.6 Å². The van der Waals surface area contributed by atoms with Crippen molar-refractivity contribution >= 4 is 35.0 Å². The molecule has 2 amide bonds. The van der Waals surface area contributed by atoms with Crippen LogP contribution in [0.1, 0.15) is 6.92 Å². The third-order valence-corrected chi connectivity index (χ3v) is 2.51. The van der Waals surface area contributed by atoms with Gasteiger partial charge in [0.2, 0.25) is 5.91 Å². The van der Waals surface area contributed by atoms with E-state index in [9.17, 15) is 9.59 Å². The molecule has 0 radical (unpaired) electrons. The van der Waals surface area contributed by atoms with E-state index in [4.69, 9.17) is 21.4 Å². The minimum absolute atomic E-state index is 0.155. The summed E-state index contributed by atoms with van der Waals surface area (Å²) >= 11 is 5.57. The number of rotatable bonds is 5. The summed E-state index contributed by atoms with van der Waals surface area (Å²) in [7, 11) is 1.47. The van der Waals surface area contributed by atoms with Gasteiger partial charge in [0.25, 0.3) is 0 Å². The highest BCUT2D eigenvalue weighted by Crippen LogP contribution is 2.29. The molecule has 6 nitrogen and oxygen atoms in total. The smallest absolute Gasteiger partial charge is 0.411 e. The van der Waals surface area contributed by atoms with E-state index in [1.807, 2.05) is 0 Å². The highest BCUT2D eigenvalue weighted by Gasteiger charge is 2.16. The molecular formula is C12H15ClN2O4. The molecule has 0 saturated carbocycles. The number of alkyl halides is 1. The van der Waals surface area contributed by atoms with E-state index in [2.05, 4.69) is 5.32 Å². The van der Waals surface area contributed by atoms with Gasteiger partial charge in [-0.1, -0.05) is 0 Å². The molecular weight excluding hydrogens is 272 g/mol. The Morgan fingerprint density at radius 1 is 1.47 bits per heavy atom. The predicted octanol–water partition coefficient (Wildman–Crippen LogP) is 2.38. The van der Waals surface area contributed by atoms with E-state index in [-0.39, 0.29) is 18.3 Å². The normalized spacial score (nSPS) is 9.84. The number of carboxylic acid groups (broad SMARTS) is 1. The molecule has 19 heavy (non-hydrogen) atoms. The quantitative estimate of drug-likeness (QED) is 0.815. The average Bonchev–Trinajstić information content (AvgIpc) is 2.34. The summed E-state index contributed by atoms with van der Waals surface area (Å²) in [5.74, 6) is 0.359.